The number of nitrogens with one attached hydrogen (secondary N) is 1. The Morgan fingerprint density at radius 2 is 2.17 bits per heavy atom. The molecule has 1 aromatic heterocycles. The van der Waals surface area contributed by atoms with Gasteiger partial charge in [-0.3, -0.25) is 4.68 Å². The van der Waals surface area contributed by atoms with E-state index >= 15 is 0 Å². The van der Waals surface area contributed by atoms with Crippen LogP contribution in [0.1, 0.15) is 31.2 Å². The molecule has 4 heteroatoms. The van der Waals surface area contributed by atoms with E-state index in [1.165, 1.54) is 31.2 Å². The van der Waals surface area contributed by atoms with Crippen molar-refractivity contribution in [3.05, 3.63) is 18.0 Å². The second kappa shape index (κ2) is 6.90. The Hall–Kier alpha value is -0.870. The number of hydrogen-bond acceptors (Lipinski definition) is 3. The summed E-state index contributed by atoms with van der Waals surface area (Å²) in [6, 6.07) is 0.838. The molecule has 102 valence electrons. The van der Waals surface area contributed by atoms with Gasteiger partial charge in [0.05, 0.1) is 6.20 Å². The fraction of sp³-hybridized carbons (Fsp3) is 0.786. The normalized spacial score (nSPS) is 16.8. The van der Waals surface area contributed by atoms with Crippen molar-refractivity contribution in [2.75, 3.05) is 26.7 Å². The molecular formula is C14H26N4. The van der Waals surface area contributed by atoms with Crippen LogP contribution in [0.3, 0.4) is 0 Å². The topological polar surface area (TPSA) is 33.1 Å². The van der Waals surface area contributed by atoms with Crippen LogP contribution in [0.15, 0.2) is 12.4 Å². The zero-order chi connectivity index (χ0) is 12.8. The first-order valence-corrected chi connectivity index (χ1v) is 7.14. The van der Waals surface area contributed by atoms with E-state index in [2.05, 4.69) is 28.6 Å². The molecule has 0 unspecified atom stereocenters. The molecule has 1 heterocycles. The van der Waals surface area contributed by atoms with Crippen LogP contribution >= 0.6 is 0 Å². The summed E-state index contributed by atoms with van der Waals surface area (Å²) in [4.78, 5) is 2.52. The zero-order valence-electron chi connectivity index (χ0n) is 11.7. The van der Waals surface area contributed by atoms with Crippen molar-refractivity contribution in [1.29, 1.82) is 0 Å². The average molecular weight is 250 g/mol. The van der Waals surface area contributed by atoms with Gasteiger partial charge in [-0.15, -0.1) is 0 Å². The molecule has 1 aromatic rings. The predicted molar refractivity (Wildman–Crippen MR) is 74.7 cm³/mol. The van der Waals surface area contributed by atoms with Gasteiger partial charge in [-0.25, -0.2) is 0 Å². The highest BCUT2D eigenvalue weighted by atomic mass is 15.2. The van der Waals surface area contributed by atoms with Crippen LogP contribution in [-0.2, 0) is 13.5 Å². The molecule has 0 spiro atoms. The molecule has 0 amide bonds. The predicted octanol–water partition coefficient (Wildman–Crippen LogP) is 1.43. The molecule has 0 saturated heterocycles. The number of likely N-dealkylation sites (N-methyl/N-ethyl adjacent to an activating group) is 1. The number of rotatable bonds is 7. The summed E-state index contributed by atoms with van der Waals surface area (Å²) in [5, 5.41) is 7.70. The molecule has 2 rings (SSSR count). The van der Waals surface area contributed by atoms with Crippen molar-refractivity contribution in [2.24, 2.45) is 7.05 Å². The van der Waals surface area contributed by atoms with E-state index in [9.17, 15) is 0 Å². The Balaban J connectivity index is 1.53. The van der Waals surface area contributed by atoms with Crippen LogP contribution < -0.4 is 5.32 Å². The molecule has 1 aliphatic carbocycles. The molecule has 0 atom stereocenters. The van der Waals surface area contributed by atoms with Crippen LogP contribution in [0.5, 0.6) is 0 Å². The lowest BCUT2D eigenvalue weighted by molar-refractivity contribution is 0.246. The summed E-state index contributed by atoms with van der Waals surface area (Å²) in [5.41, 5.74) is 1.31. The maximum atomic E-state index is 4.18. The summed E-state index contributed by atoms with van der Waals surface area (Å²) in [7, 11) is 4.23. The Morgan fingerprint density at radius 3 is 2.83 bits per heavy atom. The lowest BCUT2D eigenvalue weighted by Crippen LogP contribution is -2.35. The maximum absolute atomic E-state index is 4.18. The van der Waals surface area contributed by atoms with Crippen LogP contribution in [0.4, 0.5) is 0 Å². The average Bonchev–Trinajstić information content (AvgIpc) is 2.99. The van der Waals surface area contributed by atoms with Gasteiger partial charge in [-0.2, -0.15) is 5.10 Å². The van der Waals surface area contributed by atoms with E-state index in [-0.39, 0.29) is 0 Å². The highest BCUT2D eigenvalue weighted by molar-refractivity contribution is 5.03. The number of hydrogen-bond donors (Lipinski definition) is 1. The third kappa shape index (κ3) is 4.10. The minimum atomic E-state index is 0.838. The summed E-state index contributed by atoms with van der Waals surface area (Å²) < 4.78 is 1.86. The van der Waals surface area contributed by atoms with E-state index in [4.69, 9.17) is 0 Å². The first kappa shape index (κ1) is 13.6. The Kier molecular flexibility index (Phi) is 5.20. The standard InChI is InChI=1S/C14H26N4/c1-17(14-5-3-4-6-14)10-9-15-8-7-13-11-16-18(2)12-13/h11-12,14-15H,3-10H2,1-2H3. The van der Waals surface area contributed by atoms with Crippen molar-refractivity contribution < 1.29 is 0 Å². The maximum Gasteiger partial charge on any atom is 0.0522 e. The molecule has 4 nitrogen and oxygen atoms in total. The van der Waals surface area contributed by atoms with Gasteiger partial charge in [-0.05, 0) is 38.4 Å². The molecule has 0 radical (unpaired) electrons. The highest BCUT2D eigenvalue weighted by Crippen LogP contribution is 2.21. The van der Waals surface area contributed by atoms with E-state index in [1.54, 1.807) is 0 Å². The second-order valence-electron chi connectivity index (χ2n) is 5.44. The SMILES string of the molecule is CN(CCNCCc1cnn(C)c1)C1CCCC1. The lowest BCUT2D eigenvalue weighted by Gasteiger charge is -2.23. The largest absolute Gasteiger partial charge is 0.315 e. The molecule has 1 fully saturated rings. The van der Waals surface area contributed by atoms with Crippen LogP contribution in [0.2, 0.25) is 0 Å². The Bertz CT molecular complexity index is 341. The molecular weight excluding hydrogens is 224 g/mol. The molecule has 0 bridgehead atoms. The van der Waals surface area contributed by atoms with Crippen molar-refractivity contribution in [3.63, 3.8) is 0 Å². The van der Waals surface area contributed by atoms with Crippen molar-refractivity contribution in [2.45, 2.75) is 38.1 Å². The van der Waals surface area contributed by atoms with Crippen LogP contribution in [0, 0.1) is 0 Å². The minimum Gasteiger partial charge on any atom is -0.315 e. The van der Waals surface area contributed by atoms with Gasteiger partial charge in [0.25, 0.3) is 0 Å². The van der Waals surface area contributed by atoms with Gasteiger partial charge in [0, 0.05) is 32.4 Å². The van der Waals surface area contributed by atoms with Gasteiger partial charge in [0.1, 0.15) is 0 Å². The van der Waals surface area contributed by atoms with E-state index < -0.39 is 0 Å². The summed E-state index contributed by atoms with van der Waals surface area (Å²) in [6.07, 6.45) is 10.7. The van der Waals surface area contributed by atoms with E-state index in [1.807, 2.05) is 17.9 Å². The smallest absolute Gasteiger partial charge is 0.0522 e. The van der Waals surface area contributed by atoms with Gasteiger partial charge in [0.15, 0.2) is 0 Å². The van der Waals surface area contributed by atoms with Gasteiger partial charge in [-0.1, -0.05) is 12.8 Å². The first-order chi connectivity index (χ1) is 8.75. The van der Waals surface area contributed by atoms with Crippen molar-refractivity contribution >= 4 is 0 Å². The fourth-order valence-electron chi connectivity index (χ4n) is 2.74. The fourth-order valence-corrected chi connectivity index (χ4v) is 2.74. The monoisotopic (exact) mass is 250 g/mol. The zero-order valence-corrected chi connectivity index (χ0v) is 11.7. The Morgan fingerprint density at radius 1 is 1.39 bits per heavy atom. The number of nitrogens with zero attached hydrogens (tertiary/aromatic N) is 3. The summed E-state index contributed by atoms with van der Waals surface area (Å²) in [5.74, 6) is 0. The van der Waals surface area contributed by atoms with E-state index in [0.29, 0.717) is 0 Å². The third-order valence-electron chi connectivity index (χ3n) is 3.94. The van der Waals surface area contributed by atoms with Crippen LogP contribution in [0.25, 0.3) is 0 Å². The van der Waals surface area contributed by atoms with Gasteiger partial charge in [0.2, 0.25) is 0 Å². The second-order valence-corrected chi connectivity index (χ2v) is 5.44. The lowest BCUT2D eigenvalue weighted by atomic mass is 10.2. The minimum absolute atomic E-state index is 0.838. The molecule has 1 aliphatic rings. The molecule has 1 N–H and O–H groups in total. The summed E-state index contributed by atoms with van der Waals surface area (Å²) >= 11 is 0. The Labute approximate surface area is 110 Å². The highest BCUT2D eigenvalue weighted by Gasteiger charge is 2.18. The van der Waals surface area contributed by atoms with Crippen molar-refractivity contribution in [1.82, 2.24) is 20.0 Å². The van der Waals surface area contributed by atoms with Gasteiger partial charge < -0.3 is 10.2 Å². The number of aryl methyl sites for hydroxylation is 1. The quantitative estimate of drug-likeness (QED) is 0.743. The molecule has 0 aliphatic heterocycles. The van der Waals surface area contributed by atoms with E-state index in [0.717, 1.165) is 32.1 Å². The molecule has 18 heavy (non-hydrogen) atoms. The summed E-state index contributed by atoms with van der Waals surface area (Å²) in [6.45, 7) is 3.30. The van der Waals surface area contributed by atoms with Crippen LogP contribution in [-0.4, -0.2) is 47.4 Å². The van der Waals surface area contributed by atoms with Crippen molar-refractivity contribution in [3.8, 4) is 0 Å². The molecule has 0 aromatic carbocycles. The number of aromatic nitrogens is 2. The van der Waals surface area contributed by atoms with Gasteiger partial charge >= 0.3 is 0 Å². The first-order valence-electron chi connectivity index (χ1n) is 7.14. The molecule has 1 saturated carbocycles. The third-order valence-corrected chi connectivity index (χ3v) is 3.94.